The summed E-state index contributed by atoms with van der Waals surface area (Å²) in [7, 11) is 0. The lowest BCUT2D eigenvalue weighted by atomic mass is 9.71. The van der Waals surface area contributed by atoms with Gasteiger partial charge in [0.2, 0.25) is 0 Å². The molecule has 2 aromatic rings. The summed E-state index contributed by atoms with van der Waals surface area (Å²) in [5.74, 6) is 0. The zero-order valence-corrected chi connectivity index (χ0v) is 19.7. The molecule has 28 heavy (non-hydrogen) atoms. The molecule has 0 bridgehead atoms. The predicted molar refractivity (Wildman–Crippen MR) is 129 cm³/mol. The second-order valence-electron chi connectivity index (χ2n) is 7.03. The Balaban J connectivity index is 0.000000921. The summed E-state index contributed by atoms with van der Waals surface area (Å²) in [6.07, 6.45) is 4.94. The van der Waals surface area contributed by atoms with Gasteiger partial charge in [-0.2, -0.15) is 0 Å². The summed E-state index contributed by atoms with van der Waals surface area (Å²) in [5, 5.41) is 0. The first-order valence-corrected chi connectivity index (χ1v) is 11.7. The molecule has 0 saturated heterocycles. The lowest BCUT2D eigenvalue weighted by Gasteiger charge is -2.33. The van der Waals surface area contributed by atoms with Crippen LogP contribution in [0.5, 0.6) is 0 Å². The van der Waals surface area contributed by atoms with Crippen molar-refractivity contribution in [1.29, 1.82) is 0 Å². The molecule has 0 amide bonds. The van der Waals surface area contributed by atoms with E-state index in [0.29, 0.717) is 0 Å². The minimum absolute atomic E-state index is 0.207. The molecule has 0 radical (unpaired) electrons. The van der Waals surface area contributed by atoms with Crippen LogP contribution in [0.3, 0.4) is 0 Å². The largest absolute Gasteiger partial charge is 0.372 e. The topological polar surface area (TPSA) is 3.24 Å². The Hall–Kier alpha value is -1.76. The molecule has 3 rings (SSSR count). The molecule has 0 aliphatic heterocycles. The average molecular weight is 382 g/mol. The molecule has 156 valence electrons. The number of hydrogen-bond acceptors (Lipinski definition) is 1. The first kappa shape index (κ1) is 24.3. The Morgan fingerprint density at radius 1 is 0.679 bits per heavy atom. The SMILES string of the molecule is CC.CC.CCCC1(CCC)c2ccccc2-c2ccc(N(CC)CC)cc21. The van der Waals surface area contributed by atoms with Gasteiger partial charge in [-0.25, -0.2) is 0 Å². The monoisotopic (exact) mass is 381 g/mol. The van der Waals surface area contributed by atoms with Crippen LogP contribution < -0.4 is 4.90 Å². The van der Waals surface area contributed by atoms with Crippen molar-refractivity contribution in [2.75, 3.05) is 18.0 Å². The summed E-state index contributed by atoms with van der Waals surface area (Å²) in [4.78, 5) is 2.46. The van der Waals surface area contributed by atoms with Gasteiger partial charge in [0, 0.05) is 24.2 Å². The van der Waals surface area contributed by atoms with E-state index in [-0.39, 0.29) is 5.41 Å². The fourth-order valence-corrected chi connectivity index (χ4v) is 4.75. The quantitative estimate of drug-likeness (QED) is 0.465. The number of benzene rings is 2. The van der Waals surface area contributed by atoms with E-state index in [9.17, 15) is 0 Å². The molecular formula is C27H43N. The summed E-state index contributed by atoms with van der Waals surface area (Å²) >= 11 is 0. The maximum absolute atomic E-state index is 2.49. The second-order valence-corrected chi connectivity index (χ2v) is 7.03. The van der Waals surface area contributed by atoms with Gasteiger partial charge in [-0.3, -0.25) is 0 Å². The number of anilines is 1. The van der Waals surface area contributed by atoms with Crippen LogP contribution in [0.4, 0.5) is 5.69 Å². The van der Waals surface area contributed by atoms with Gasteiger partial charge in [-0.15, -0.1) is 0 Å². The average Bonchev–Trinajstić information content (AvgIpc) is 3.02. The van der Waals surface area contributed by atoms with Gasteiger partial charge in [-0.05, 0) is 61.1 Å². The predicted octanol–water partition coefficient (Wildman–Crippen LogP) is 8.45. The molecule has 1 aliphatic carbocycles. The van der Waals surface area contributed by atoms with Gasteiger partial charge in [0.05, 0.1) is 0 Å². The van der Waals surface area contributed by atoms with Crippen LogP contribution in [0.15, 0.2) is 42.5 Å². The van der Waals surface area contributed by atoms with Gasteiger partial charge in [0.1, 0.15) is 0 Å². The summed E-state index contributed by atoms with van der Waals surface area (Å²) in [5.41, 5.74) is 7.63. The summed E-state index contributed by atoms with van der Waals surface area (Å²) in [6.45, 7) is 19.3. The number of rotatable bonds is 7. The van der Waals surface area contributed by atoms with Crippen LogP contribution in [0.2, 0.25) is 0 Å². The highest BCUT2D eigenvalue weighted by Crippen LogP contribution is 2.54. The van der Waals surface area contributed by atoms with Crippen LogP contribution in [0.1, 0.15) is 92.2 Å². The zero-order chi connectivity index (χ0) is 21.2. The Morgan fingerprint density at radius 2 is 1.21 bits per heavy atom. The molecule has 0 fully saturated rings. The highest BCUT2D eigenvalue weighted by Gasteiger charge is 2.41. The van der Waals surface area contributed by atoms with E-state index in [2.05, 4.69) is 75.1 Å². The third-order valence-corrected chi connectivity index (χ3v) is 5.73. The molecule has 0 unspecified atom stereocenters. The van der Waals surface area contributed by atoms with Crippen molar-refractivity contribution in [2.24, 2.45) is 0 Å². The lowest BCUT2D eigenvalue weighted by molar-refractivity contribution is 0.436. The first-order valence-electron chi connectivity index (χ1n) is 11.7. The highest BCUT2D eigenvalue weighted by atomic mass is 15.1. The minimum Gasteiger partial charge on any atom is -0.372 e. The third kappa shape index (κ3) is 4.45. The van der Waals surface area contributed by atoms with E-state index < -0.39 is 0 Å². The van der Waals surface area contributed by atoms with Gasteiger partial charge in [0.15, 0.2) is 0 Å². The van der Waals surface area contributed by atoms with Crippen molar-refractivity contribution >= 4 is 5.69 Å². The molecule has 0 heterocycles. The Bertz CT molecular complexity index is 691. The number of fused-ring (bicyclic) bond motifs is 3. The van der Waals surface area contributed by atoms with Crippen molar-refractivity contribution in [3.05, 3.63) is 53.6 Å². The van der Waals surface area contributed by atoms with Crippen LogP contribution in [-0.2, 0) is 5.41 Å². The second kappa shape index (κ2) is 11.9. The van der Waals surface area contributed by atoms with Crippen LogP contribution >= 0.6 is 0 Å². The van der Waals surface area contributed by atoms with Gasteiger partial charge >= 0.3 is 0 Å². The Morgan fingerprint density at radius 3 is 1.75 bits per heavy atom. The fourth-order valence-electron chi connectivity index (χ4n) is 4.75. The van der Waals surface area contributed by atoms with Crippen molar-refractivity contribution in [2.45, 2.75) is 86.5 Å². The van der Waals surface area contributed by atoms with Crippen molar-refractivity contribution in [1.82, 2.24) is 0 Å². The van der Waals surface area contributed by atoms with E-state index in [4.69, 9.17) is 0 Å². The highest BCUT2D eigenvalue weighted by molar-refractivity contribution is 5.82. The van der Waals surface area contributed by atoms with E-state index in [0.717, 1.165) is 13.1 Å². The Kier molecular flexibility index (Phi) is 10.4. The summed E-state index contributed by atoms with van der Waals surface area (Å²) < 4.78 is 0. The van der Waals surface area contributed by atoms with Crippen LogP contribution in [0, 0.1) is 0 Å². The smallest absolute Gasteiger partial charge is 0.0369 e. The minimum atomic E-state index is 0.207. The van der Waals surface area contributed by atoms with Crippen molar-refractivity contribution < 1.29 is 0 Å². The van der Waals surface area contributed by atoms with E-state index in [1.54, 1.807) is 11.1 Å². The molecule has 1 heteroatoms. The number of hydrogen-bond donors (Lipinski definition) is 0. The molecule has 0 N–H and O–H groups in total. The molecule has 1 nitrogen and oxygen atoms in total. The third-order valence-electron chi connectivity index (χ3n) is 5.73. The fraction of sp³-hybridized carbons (Fsp3) is 0.556. The molecule has 1 aliphatic rings. The van der Waals surface area contributed by atoms with Gasteiger partial charge in [0.25, 0.3) is 0 Å². The van der Waals surface area contributed by atoms with Crippen molar-refractivity contribution in [3.63, 3.8) is 0 Å². The van der Waals surface area contributed by atoms with Gasteiger partial charge < -0.3 is 4.90 Å². The van der Waals surface area contributed by atoms with Crippen LogP contribution in [0.25, 0.3) is 11.1 Å². The van der Waals surface area contributed by atoms with E-state index in [1.165, 1.54) is 42.5 Å². The summed E-state index contributed by atoms with van der Waals surface area (Å²) in [6, 6.07) is 16.3. The maximum atomic E-state index is 2.49. The molecular weight excluding hydrogens is 338 g/mol. The first-order chi connectivity index (χ1) is 13.7. The Labute approximate surface area is 175 Å². The number of nitrogens with zero attached hydrogens (tertiary/aromatic N) is 1. The van der Waals surface area contributed by atoms with E-state index >= 15 is 0 Å². The molecule has 0 atom stereocenters. The van der Waals surface area contributed by atoms with E-state index in [1.807, 2.05) is 27.7 Å². The molecule has 2 aromatic carbocycles. The zero-order valence-electron chi connectivity index (χ0n) is 19.7. The molecule has 0 saturated carbocycles. The standard InChI is InChI=1S/C23H31N.2C2H6/c1-5-15-23(16-6-2)21-12-10-9-11-19(21)20-14-13-18(17-22(20)23)24(7-3)8-4;2*1-2/h9-14,17H,5-8,15-16H2,1-4H3;2*1-2H3. The maximum Gasteiger partial charge on any atom is 0.0369 e. The molecule has 0 spiro atoms. The lowest BCUT2D eigenvalue weighted by Crippen LogP contribution is -2.26. The normalized spacial score (nSPS) is 12.7. The van der Waals surface area contributed by atoms with Crippen LogP contribution in [-0.4, -0.2) is 13.1 Å². The van der Waals surface area contributed by atoms with Gasteiger partial charge in [-0.1, -0.05) is 84.7 Å². The van der Waals surface area contributed by atoms with Crippen molar-refractivity contribution in [3.8, 4) is 11.1 Å². The molecule has 0 aromatic heterocycles.